The maximum absolute atomic E-state index is 16.1. The Morgan fingerprint density at radius 2 is 2.00 bits per heavy atom. The van der Waals surface area contributed by atoms with E-state index in [1.54, 1.807) is 43.2 Å². The zero-order valence-corrected chi connectivity index (χ0v) is 23.1. The number of aromatic nitrogens is 4. The number of rotatable bonds is 7. The Labute approximate surface area is 227 Å². The molecular weight excluding hydrogens is 499 g/mol. The lowest BCUT2D eigenvalue weighted by molar-refractivity contribution is -0.125. The summed E-state index contributed by atoms with van der Waals surface area (Å²) in [6.07, 6.45) is 6.08. The molecule has 0 saturated heterocycles. The summed E-state index contributed by atoms with van der Waals surface area (Å²) < 4.78 is 23.3. The quantitative estimate of drug-likeness (QED) is 0.463. The highest BCUT2D eigenvalue weighted by atomic mass is 19.1. The highest BCUT2D eigenvalue weighted by Crippen LogP contribution is 2.38. The van der Waals surface area contributed by atoms with Gasteiger partial charge in [-0.3, -0.25) is 14.3 Å². The number of benzene rings is 1. The number of amides is 2. The minimum absolute atomic E-state index is 0.142. The van der Waals surface area contributed by atoms with Gasteiger partial charge in [0.05, 0.1) is 24.8 Å². The normalized spacial score (nSPS) is 20.7. The molecule has 1 atom stereocenters. The number of carbonyl (C=O) groups is 2. The number of hydrogen-bond donors (Lipinski definition) is 2. The lowest BCUT2D eigenvalue weighted by Crippen LogP contribution is -2.36. The monoisotopic (exact) mass is 536 g/mol. The van der Waals surface area contributed by atoms with Gasteiger partial charge in [-0.25, -0.2) is 9.37 Å². The molecule has 1 unspecified atom stereocenters. The molecule has 1 fully saturated rings. The van der Waals surface area contributed by atoms with Gasteiger partial charge in [0.25, 0.3) is 5.91 Å². The average molecular weight is 537 g/mol. The second-order valence-corrected chi connectivity index (χ2v) is 10.9. The van der Waals surface area contributed by atoms with Crippen LogP contribution in [0.3, 0.4) is 0 Å². The highest BCUT2D eigenvalue weighted by Gasteiger charge is 2.32. The molecule has 2 aliphatic rings. The number of imidazole rings is 1. The fourth-order valence-electron chi connectivity index (χ4n) is 5.80. The summed E-state index contributed by atoms with van der Waals surface area (Å²) in [5.74, 6) is 0.484. The Hall–Kier alpha value is -3.53. The summed E-state index contributed by atoms with van der Waals surface area (Å²) in [6, 6.07) is 4.78. The van der Waals surface area contributed by atoms with E-state index >= 15 is 4.39 Å². The van der Waals surface area contributed by atoms with Crippen LogP contribution in [0, 0.1) is 17.7 Å². The molecule has 3 aromatic rings. The number of aryl methyl sites for hydroxylation is 1. The van der Waals surface area contributed by atoms with Crippen LogP contribution in [0.1, 0.15) is 73.9 Å². The van der Waals surface area contributed by atoms with Gasteiger partial charge >= 0.3 is 0 Å². The second kappa shape index (κ2) is 11.3. The SMILES string of the molecule is CCn1nccc1C(=O)NC(c1nc2c(F)c(C3=C(C(=O)N(C)C)CCOC3)ccc2[nH]1)C1CCC(C)CC1. The van der Waals surface area contributed by atoms with Gasteiger partial charge in [0.2, 0.25) is 5.91 Å². The van der Waals surface area contributed by atoms with Gasteiger partial charge in [0.15, 0.2) is 5.82 Å². The Morgan fingerprint density at radius 3 is 2.72 bits per heavy atom. The third-order valence-corrected chi connectivity index (χ3v) is 8.07. The number of hydrogen-bond acceptors (Lipinski definition) is 5. The van der Waals surface area contributed by atoms with Gasteiger partial charge in [0.1, 0.15) is 17.0 Å². The Kier molecular flexibility index (Phi) is 7.83. The van der Waals surface area contributed by atoms with Crippen LogP contribution >= 0.6 is 0 Å². The molecule has 39 heavy (non-hydrogen) atoms. The molecule has 1 aliphatic heterocycles. The van der Waals surface area contributed by atoms with Crippen LogP contribution < -0.4 is 5.32 Å². The summed E-state index contributed by atoms with van der Waals surface area (Å²) in [5, 5.41) is 7.42. The highest BCUT2D eigenvalue weighted by molar-refractivity contribution is 6.02. The first kappa shape index (κ1) is 27.1. The molecule has 208 valence electrons. The third-order valence-electron chi connectivity index (χ3n) is 8.07. The van der Waals surface area contributed by atoms with Crippen molar-refractivity contribution in [3.8, 4) is 0 Å². The van der Waals surface area contributed by atoms with E-state index < -0.39 is 11.9 Å². The molecule has 10 heteroatoms. The van der Waals surface area contributed by atoms with Crippen molar-refractivity contribution in [2.75, 3.05) is 27.3 Å². The van der Waals surface area contributed by atoms with Crippen molar-refractivity contribution in [1.82, 2.24) is 30.0 Å². The van der Waals surface area contributed by atoms with E-state index in [0.717, 1.165) is 25.7 Å². The van der Waals surface area contributed by atoms with E-state index in [2.05, 4.69) is 22.3 Å². The first-order valence-corrected chi connectivity index (χ1v) is 13.8. The summed E-state index contributed by atoms with van der Waals surface area (Å²) in [4.78, 5) is 35.7. The van der Waals surface area contributed by atoms with Gasteiger partial charge in [-0.2, -0.15) is 5.10 Å². The number of ether oxygens (including phenoxy) is 1. The molecule has 2 aromatic heterocycles. The fraction of sp³-hybridized carbons (Fsp3) is 0.517. The Bertz CT molecular complexity index is 1400. The number of H-pyrrole nitrogens is 1. The molecular formula is C29H37FN6O3. The first-order chi connectivity index (χ1) is 18.8. The van der Waals surface area contributed by atoms with E-state index in [-0.39, 0.29) is 29.9 Å². The first-order valence-electron chi connectivity index (χ1n) is 13.8. The molecule has 0 radical (unpaired) electrons. The topological polar surface area (TPSA) is 105 Å². The number of halogens is 1. The molecule has 5 rings (SSSR count). The number of fused-ring (bicyclic) bond motifs is 1. The van der Waals surface area contributed by atoms with Crippen molar-refractivity contribution >= 4 is 28.4 Å². The standard InChI is InChI=1S/C29H37FN6O3/c1-5-36-23(12-14-31-36)28(37)34-25(18-8-6-17(2)7-9-18)27-32-22-11-10-19(24(30)26(22)33-27)21-16-39-15-13-20(21)29(38)35(3)4/h10-12,14,17-18,25H,5-9,13,15-16H2,1-4H3,(H,32,33)(H,34,37). The predicted molar refractivity (Wildman–Crippen MR) is 146 cm³/mol. The maximum Gasteiger partial charge on any atom is 0.270 e. The van der Waals surface area contributed by atoms with E-state index in [0.29, 0.717) is 59.2 Å². The van der Waals surface area contributed by atoms with Gasteiger partial charge in [0, 0.05) is 44.4 Å². The summed E-state index contributed by atoms with van der Waals surface area (Å²) >= 11 is 0. The molecule has 0 bridgehead atoms. The van der Waals surface area contributed by atoms with Gasteiger partial charge in [-0.1, -0.05) is 19.8 Å². The summed E-state index contributed by atoms with van der Waals surface area (Å²) in [6.45, 7) is 5.36. The van der Waals surface area contributed by atoms with Crippen LogP contribution in [0.4, 0.5) is 4.39 Å². The number of nitrogens with zero attached hydrogens (tertiary/aromatic N) is 4. The second-order valence-electron chi connectivity index (χ2n) is 10.9. The number of aromatic amines is 1. The third kappa shape index (κ3) is 5.34. The van der Waals surface area contributed by atoms with Crippen molar-refractivity contribution in [1.29, 1.82) is 0 Å². The number of likely N-dealkylation sites (N-methyl/N-ethyl adjacent to an activating group) is 1. The van der Waals surface area contributed by atoms with Crippen LogP contribution in [0.2, 0.25) is 0 Å². The Balaban J connectivity index is 1.53. The van der Waals surface area contributed by atoms with E-state index in [1.165, 1.54) is 4.90 Å². The molecule has 0 spiro atoms. The zero-order valence-electron chi connectivity index (χ0n) is 23.1. The van der Waals surface area contributed by atoms with E-state index in [9.17, 15) is 9.59 Å². The smallest absolute Gasteiger partial charge is 0.270 e. The van der Waals surface area contributed by atoms with Crippen LogP contribution in [-0.2, 0) is 16.1 Å². The Morgan fingerprint density at radius 1 is 1.23 bits per heavy atom. The minimum Gasteiger partial charge on any atom is -0.376 e. The van der Waals surface area contributed by atoms with Gasteiger partial charge < -0.3 is 19.9 Å². The molecule has 2 N–H and O–H groups in total. The molecule has 1 saturated carbocycles. The molecule has 1 aliphatic carbocycles. The maximum atomic E-state index is 16.1. The lowest BCUT2D eigenvalue weighted by atomic mass is 9.79. The van der Waals surface area contributed by atoms with Crippen LogP contribution in [-0.4, -0.2) is 63.8 Å². The van der Waals surface area contributed by atoms with E-state index in [1.807, 2.05) is 6.92 Å². The molecule has 9 nitrogen and oxygen atoms in total. The van der Waals surface area contributed by atoms with Crippen molar-refractivity contribution in [3.63, 3.8) is 0 Å². The summed E-state index contributed by atoms with van der Waals surface area (Å²) in [5.41, 5.74) is 2.67. The van der Waals surface area contributed by atoms with Gasteiger partial charge in [-0.15, -0.1) is 0 Å². The number of nitrogens with one attached hydrogen (secondary N) is 2. The molecule has 3 heterocycles. The zero-order chi connectivity index (χ0) is 27.7. The fourth-order valence-corrected chi connectivity index (χ4v) is 5.80. The summed E-state index contributed by atoms with van der Waals surface area (Å²) in [7, 11) is 3.38. The molecule has 1 aromatic carbocycles. The predicted octanol–water partition coefficient (Wildman–Crippen LogP) is 4.48. The van der Waals surface area contributed by atoms with Gasteiger partial charge in [-0.05, 0) is 55.4 Å². The van der Waals surface area contributed by atoms with Crippen molar-refractivity contribution in [3.05, 3.63) is 52.9 Å². The lowest BCUT2D eigenvalue weighted by Gasteiger charge is -2.32. The van der Waals surface area contributed by atoms with Crippen molar-refractivity contribution < 1.29 is 18.7 Å². The van der Waals surface area contributed by atoms with Crippen molar-refractivity contribution in [2.24, 2.45) is 11.8 Å². The minimum atomic E-state index is -0.494. The number of carbonyl (C=O) groups excluding carboxylic acids is 2. The van der Waals surface area contributed by atoms with Crippen LogP contribution in [0.5, 0.6) is 0 Å². The van der Waals surface area contributed by atoms with E-state index in [4.69, 9.17) is 9.72 Å². The molecule has 2 amide bonds. The van der Waals surface area contributed by atoms with Crippen molar-refractivity contribution in [2.45, 2.75) is 58.5 Å². The average Bonchev–Trinajstić information content (AvgIpc) is 3.60. The van der Waals surface area contributed by atoms with Crippen LogP contribution in [0.25, 0.3) is 16.6 Å². The largest absolute Gasteiger partial charge is 0.376 e. The van der Waals surface area contributed by atoms with Crippen LogP contribution in [0.15, 0.2) is 30.0 Å².